The van der Waals surface area contributed by atoms with Crippen LogP contribution in [0.15, 0.2) is 0 Å². The summed E-state index contributed by atoms with van der Waals surface area (Å²) in [7, 11) is 0. The van der Waals surface area contributed by atoms with E-state index in [9.17, 15) is 19.5 Å². The maximum Gasteiger partial charge on any atom is 0.408 e. The molecule has 4 unspecified atom stereocenters. The number of rotatable bonds is 4. The molecule has 1 aliphatic heterocycles. The van der Waals surface area contributed by atoms with Crippen LogP contribution in [0, 0.1) is 0 Å². The zero-order valence-electron chi connectivity index (χ0n) is 17.5. The highest BCUT2D eigenvalue weighted by Crippen LogP contribution is 2.22. The van der Waals surface area contributed by atoms with Gasteiger partial charge in [0, 0.05) is 13.3 Å². The molecule has 0 bridgehead atoms. The van der Waals surface area contributed by atoms with Crippen molar-refractivity contribution < 1.29 is 38.4 Å². The van der Waals surface area contributed by atoms with Crippen LogP contribution in [0.25, 0.3) is 0 Å². The molecular formula is C18H32N2O8. The lowest BCUT2D eigenvalue weighted by Crippen LogP contribution is -2.58. The molecule has 1 heterocycles. The quantitative estimate of drug-likeness (QED) is 0.474. The minimum Gasteiger partial charge on any atom is -0.460 e. The number of carbonyl (C=O) groups is 3. The molecule has 10 heteroatoms. The molecule has 28 heavy (non-hydrogen) atoms. The molecule has 4 atom stereocenters. The van der Waals surface area contributed by atoms with Crippen molar-refractivity contribution in [1.82, 2.24) is 10.6 Å². The Balaban J connectivity index is 2.71. The van der Waals surface area contributed by atoms with Crippen molar-refractivity contribution in [3.63, 3.8) is 0 Å². The normalized spacial score (nSPS) is 25.4. The first-order valence-electron chi connectivity index (χ1n) is 9.13. The van der Waals surface area contributed by atoms with Gasteiger partial charge in [-0.1, -0.05) is 0 Å². The molecule has 1 rings (SSSR count). The van der Waals surface area contributed by atoms with E-state index in [-0.39, 0.29) is 13.0 Å². The Morgan fingerprint density at radius 1 is 1.04 bits per heavy atom. The summed E-state index contributed by atoms with van der Waals surface area (Å²) in [5.41, 5.74) is -1.38. The highest BCUT2D eigenvalue weighted by atomic mass is 16.6. The lowest BCUT2D eigenvalue weighted by molar-refractivity contribution is -0.219. The van der Waals surface area contributed by atoms with E-state index in [1.165, 1.54) is 6.92 Å². The minimum atomic E-state index is -1.37. The molecule has 0 spiro atoms. The standard InChI is InChI=1S/C18H32N2O8/c1-10(21)25-12-8-11(20-16(24)28-18(5,6)7)14(22)26-13(12)9-19-15(23)27-17(2,3)4/h11-14,22H,8-9H2,1-7H3,(H,19,23)(H,20,24). The number of aliphatic hydroxyl groups is 1. The zero-order chi connectivity index (χ0) is 21.7. The number of nitrogens with one attached hydrogen (secondary N) is 2. The summed E-state index contributed by atoms with van der Waals surface area (Å²) in [6.07, 6.45) is -4.29. The van der Waals surface area contributed by atoms with Gasteiger partial charge in [-0.15, -0.1) is 0 Å². The molecule has 0 aliphatic carbocycles. The Morgan fingerprint density at radius 3 is 2.07 bits per heavy atom. The molecule has 0 radical (unpaired) electrons. The lowest BCUT2D eigenvalue weighted by atomic mass is 10.00. The SMILES string of the molecule is CC(=O)OC1CC(NC(=O)OC(C)(C)C)C(O)OC1CNC(=O)OC(C)(C)C. The molecular weight excluding hydrogens is 372 g/mol. The van der Waals surface area contributed by atoms with Gasteiger partial charge in [0.05, 0.1) is 12.6 Å². The summed E-state index contributed by atoms with van der Waals surface area (Å²) >= 11 is 0. The van der Waals surface area contributed by atoms with Gasteiger partial charge in [-0.05, 0) is 41.5 Å². The zero-order valence-corrected chi connectivity index (χ0v) is 17.5. The monoisotopic (exact) mass is 404 g/mol. The largest absolute Gasteiger partial charge is 0.460 e. The molecule has 1 aliphatic rings. The molecule has 3 N–H and O–H groups in total. The number of hydrogen-bond donors (Lipinski definition) is 3. The fourth-order valence-electron chi connectivity index (χ4n) is 2.48. The summed E-state index contributed by atoms with van der Waals surface area (Å²) in [4.78, 5) is 35.2. The summed E-state index contributed by atoms with van der Waals surface area (Å²) in [6, 6.07) is -0.850. The van der Waals surface area contributed by atoms with Gasteiger partial charge >= 0.3 is 18.2 Å². The van der Waals surface area contributed by atoms with Crippen molar-refractivity contribution >= 4 is 18.2 Å². The highest BCUT2D eigenvalue weighted by Gasteiger charge is 2.40. The van der Waals surface area contributed by atoms with Gasteiger partial charge in [0.25, 0.3) is 0 Å². The van der Waals surface area contributed by atoms with E-state index >= 15 is 0 Å². The molecule has 1 saturated heterocycles. The van der Waals surface area contributed by atoms with Crippen LogP contribution < -0.4 is 10.6 Å². The van der Waals surface area contributed by atoms with Crippen LogP contribution in [0.3, 0.4) is 0 Å². The predicted molar refractivity (Wildman–Crippen MR) is 98.4 cm³/mol. The molecule has 0 saturated carbocycles. The van der Waals surface area contributed by atoms with Crippen LogP contribution in [0.1, 0.15) is 54.9 Å². The Morgan fingerprint density at radius 2 is 1.57 bits per heavy atom. The number of ether oxygens (including phenoxy) is 4. The van der Waals surface area contributed by atoms with Gasteiger partial charge in [0.1, 0.15) is 23.4 Å². The number of alkyl carbamates (subject to hydrolysis) is 2. The molecule has 162 valence electrons. The summed E-state index contributed by atoms with van der Waals surface area (Å²) in [5.74, 6) is -0.553. The van der Waals surface area contributed by atoms with E-state index in [0.29, 0.717) is 0 Å². The van der Waals surface area contributed by atoms with Gasteiger partial charge < -0.3 is 34.7 Å². The summed E-state index contributed by atoms with van der Waals surface area (Å²) < 4.78 is 21.0. The summed E-state index contributed by atoms with van der Waals surface area (Å²) in [5, 5.41) is 15.2. The van der Waals surface area contributed by atoms with E-state index in [0.717, 1.165) is 0 Å². The molecule has 2 amide bonds. The first kappa shape index (κ1) is 24.0. The van der Waals surface area contributed by atoms with Crippen molar-refractivity contribution in [3.05, 3.63) is 0 Å². The van der Waals surface area contributed by atoms with Crippen molar-refractivity contribution in [1.29, 1.82) is 0 Å². The van der Waals surface area contributed by atoms with Crippen LogP contribution in [-0.4, -0.2) is 65.5 Å². The Hall–Kier alpha value is -2.07. The molecule has 10 nitrogen and oxygen atoms in total. The number of amides is 2. The van der Waals surface area contributed by atoms with E-state index in [2.05, 4.69) is 10.6 Å². The van der Waals surface area contributed by atoms with E-state index in [1.54, 1.807) is 41.5 Å². The van der Waals surface area contributed by atoms with Crippen LogP contribution in [-0.2, 0) is 23.7 Å². The fraction of sp³-hybridized carbons (Fsp3) is 0.833. The Kier molecular flexibility index (Phi) is 8.06. The second-order valence-electron chi connectivity index (χ2n) is 8.58. The van der Waals surface area contributed by atoms with Gasteiger partial charge in [-0.3, -0.25) is 4.79 Å². The average molecular weight is 404 g/mol. The topological polar surface area (TPSA) is 132 Å². The van der Waals surface area contributed by atoms with Gasteiger partial charge in [0.15, 0.2) is 6.29 Å². The number of carbonyl (C=O) groups excluding carboxylic acids is 3. The molecule has 1 fully saturated rings. The maximum absolute atomic E-state index is 11.9. The lowest BCUT2D eigenvalue weighted by Gasteiger charge is -2.39. The number of aliphatic hydroxyl groups excluding tert-OH is 1. The van der Waals surface area contributed by atoms with Gasteiger partial charge in [-0.25, -0.2) is 9.59 Å². The number of esters is 1. The van der Waals surface area contributed by atoms with Crippen LogP contribution in [0.4, 0.5) is 9.59 Å². The van der Waals surface area contributed by atoms with Crippen LogP contribution in [0.5, 0.6) is 0 Å². The Bertz CT molecular complexity index is 567. The second kappa shape index (κ2) is 9.42. The van der Waals surface area contributed by atoms with Gasteiger partial charge in [-0.2, -0.15) is 0 Å². The van der Waals surface area contributed by atoms with Crippen molar-refractivity contribution in [2.45, 2.75) is 90.6 Å². The van der Waals surface area contributed by atoms with Crippen molar-refractivity contribution in [2.24, 2.45) is 0 Å². The van der Waals surface area contributed by atoms with E-state index in [1.807, 2.05) is 0 Å². The molecule has 0 aromatic heterocycles. The van der Waals surface area contributed by atoms with E-state index in [4.69, 9.17) is 18.9 Å². The third-order valence-electron chi connectivity index (χ3n) is 3.43. The third kappa shape index (κ3) is 9.23. The predicted octanol–water partition coefficient (Wildman–Crippen LogP) is 1.44. The van der Waals surface area contributed by atoms with Crippen molar-refractivity contribution in [3.8, 4) is 0 Å². The third-order valence-corrected chi connectivity index (χ3v) is 3.43. The smallest absolute Gasteiger partial charge is 0.408 e. The van der Waals surface area contributed by atoms with Crippen LogP contribution >= 0.6 is 0 Å². The van der Waals surface area contributed by atoms with Crippen molar-refractivity contribution in [2.75, 3.05) is 6.54 Å². The molecule has 0 aromatic rings. The minimum absolute atomic E-state index is 0.0525. The highest BCUT2D eigenvalue weighted by molar-refractivity contribution is 5.69. The maximum atomic E-state index is 11.9. The second-order valence-corrected chi connectivity index (χ2v) is 8.58. The average Bonchev–Trinajstić information content (AvgIpc) is 2.44. The summed E-state index contributed by atoms with van der Waals surface area (Å²) in [6.45, 7) is 11.5. The fourth-order valence-corrected chi connectivity index (χ4v) is 2.48. The number of hydrogen-bond acceptors (Lipinski definition) is 8. The molecule has 0 aromatic carbocycles. The van der Waals surface area contributed by atoms with Gasteiger partial charge in [0.2, 0.25) is 0 Å². The Labute approximate surface area is 165 Å². The first-order valence-corrected chi connectivity index (χ1v) is 9.13. The van der Waals surface area contributed by atoms with E-state index < -0.39 is 53.9 Å². The van der Waals surface area contributed by atoms with Crippen LogP contribution in [0.2, 0.25) is 0 Å². The first-order chi connectivity index (χ1) is 12.7.